The van der Waals surface area contributed by atoms with Crippen LogP contribution in [0.1, 0.15) is 11.1 Å². The van der Waals surface area contributed by atoms with Crippen molar-refractivity contribution in [1.29, 1.82) is 0 Å². The van der Waals surface area contributed by atoms with Crippen LogP contribution in [0, 0.1) is 0 Å². The van der Waals surface area contributed by atoms with Crippen LogP contribution in [0.25, 0.3) is 0 Å². The molecule has 0 N–H and O–H groups in total. The Morgan fingerprint density at radius 1 is 0.652 bits per heavy atom. The van der Waals surface area contributed by atoms with Gasteiger partial charge in [0.2, 0.25) is 0 Å². The number of aryl methyl sites for hydroxylation is 2. The van der Waals surface area contributed by atoms with Gasteiger partial charge < -0.3 is 4.74 Å². The standard InChI is InChI=1S/C18H20Br2OS2/c19-17-5-1-15(2-6-17)9-11-22-13-21-14-23-12-10-16-3-7-18(20)8-4-16/h1-8H,9-14H2. The number of thioether (sulfide) groups is 2. The van der Waals surface area contributed by atoms with Gasteiger partial charge in [-0.15, -0.1) is 23.5 Å². The first-order valence-electron chi connectivity index (χ1n) is 7.46. The molecule has 0 bridgehead atoms. The van der Waals surface area contributed by atoms with Gasteiger partial charge in [-0.3, -0.25) is 0 Å². The van der Waals surface area contributed by atoms with E-state index >= 15 is 0 Å². The molecule has 0 aliphatic heterocycles. The molecule has 0 atom stereocenters. The zero-order valence-corrected chi connectivity index (χ0v) is 17.6. The van der Waals surface area contributed by atoms with E-state index in [1.807, 2.05) is 23.5 Å². The molecule has 0 aliphatic carbocycles. The molecule has 124 valence electrons. The van der Waals surface area contributed by atoms with Crippen molar-refractivity contribution in [2.24, 2.45) is 0 Å². The van der Waals surface area contributed by atoms with Crippen LogP contribution in [0.15, 0.2) is 57.5 Å². The third kappa shape index (κ3) is 8.64. The molecule has 5 heteroatoms. The quantitative estimate of drug-likeness (QED) is 0.290. The summed E-state index contributed by atoms with van der Waals surface area (Å²) in [5.74, 6) is 3.76. The normalized spacial score (nSPS) is 10.9. The number of hydrogen-bond acceptors (Lipinski definition) is 3. The summed E-state index contributed by atoms with van der Waals surface area (Å²) in [6.07, 6.45) is 2.19. The molecule has 1 nitrogen and oxygen atoms in total. The molecule has 0 saturated carbocycles. The van der Waals surface area contributed by atoms with Gasteiger partial charge in [-0.1, -0.05) is 56.1 Å². The van der Waals surface area contributed by atoms with Crippen LogP contribution in [0.4, 0.5) is 0 Å². The highest BCUT2D eigenvalue weighted by Gasteiger charge is 1.96. The molecule has 0 radical (unpaired) electrons. The predicted octanol–water partition coefficient (Wildman–Crippen LogP) is 6.39. The third-order valence-corrected chi connectivity index (χ3v) is 5.94. The Morgan fingerprint density at radius 3 is 1.43 bits per heavy atom. The highest BCUT2D eigenvalue weighted by Crippen LogP contribution is 2.15. The molecule has 0 fully saturated rings. The van der Waals surface area contributed by atoms with Gasteiger partial charge in [0.25, 0.3) is 0 Å². The molecule has 0 aromatic heterocycles. The lowest BCUT2D eigenvalue weighted by molar-refractivity contribution is 0.240. The lowest BCUT2D eigenvalue weighted by atomic mass is 10.2. The van der Waals surface area contributed by atoms with E-state index in [0.717, 1.165) is 45.2 Å². The Hall–Kier alpha value is 0.0600. The monoisotopic (exact) mass is 474 g/mol. The van der Waals surface area contributed by atoms with E-state index in [9.17, 15) is 0 Å². The van der Waals surface area contributed by atoms with E-state index in [0.29, 0.717) is 0 Å². The molecule has 0 amide bonds. The molecule has 0 heterocycles. The number of hydrogen-bond donors (Lipinski definition) is 0. The maximum absolute atomic E-state index is 5.66. The minimum absolute atomic E-state index is 0.780. The number of rotatable bonds is 10. The Kier molecular flexibility index (Phi) is 9.77. The first kappa shape index (κ1) is 19.4. The van der Waals surface area contributed by atoms with Crippen molar-refractivity contribution in [2.45, 2.75) is 12.8 Å². The molecule has 0 aliphatic rings. The van der Waals surface area contributed by atoms with Crippen molar-refractivity contribution in [3.05, 3.63) is 68.6 Å². The SMILES string of the molecule is Brc1ccc(CCSCOCSCCc2ccc(Br)cc2)cc1. The second kappa shape index (κ2) is 11.6. The van der Waals surface area contributed by atoms with Crippen LogP contribution in [-0.2, 0) is 17.6 Å². The van der Waals surface area contributed by atoms with E-state index in [-0.39, 0.29) is 0 Å². The average molecular weight is 476 g/mol. The summed E-state index contributed by atoms with van der Waals surface area (Å²) in [4.78, 5) is 0. The highest BCUT2D eigenvalue weighted by molar-refractivity contribution is 9.10. The van der Waals surface area contributed by atoms with E-state index in [4.69, 9.17) is 4.74 Å². The van der Waals surface area contributed by atoms with Gasteiger partial charge in [0.1, 0.15) is 0 Å². The van der Waals surface area contributed by atoms with Gasteiger partial charge in [-0.05, 0) is 59.7 Å². The molecule has 0 saturated heterocycles. The van der Waals surface area contributed by atoms with Crippen molar-refractivity contribution in [3.8, 4) is 0 Å². The van der Waals surface area contributed by atoms with Gasteiger partial charge in [-0.25, -0.2) is 0 Å². The van der Waals surface area contributed by atoms with Crippen LogP contribution in [0.2, 0.25) is 0 Å². The van der Waals surface area contributed by atoms with Crippen molar-refractivity contribution in [2.75, 3.05) is 23.4 Å². The second-order valence-corrected chi connectivity index (χ2v) is 8.95. The van der Waals surface area contributed by atoms with Crippen molar-refractivity contribution in [1.82, 2.24) is 0 Å². The molecular formula is C18H20Br2OS2. The maximum Gasteiger partial charge on any atom is 0.0932 e. The molecular weight excluding hydrogens is 456 g/mol. The van der Waals surface area contributed by atoms with E-state index in [2.05, 4.69) is 80.4 Å². The molecule has 2 rings (SSSR count). The van der Waals surface area contributed by atoms with E-state index in [1.165, 1.54) is 11.1 Å². The lowest BCUT2D eigenvalue weighted by Crippen LogP contribution is -1.96. The Bertz CT molecular complexity index is 507. The summed E-state index contributed by atoms with van der Waals surface area (Å²) in [7, 11) is 0. The predicted molar refractivity (Wildman–Crippen MR) is 111 cm³/mol. The topological polar surface area (TPSA) is 9.23 Å². The fourth-order valence-electron chi connectivity index (χ4n) is 1.95. The molecule has 2 aromatic carbocycles. The molecule has 23 heavy (non-hydrogen) atoms. The summed E-state index contributed by atoms with van der Waals surface area (Å²) in [6.45, 7) is 0. The Balaban J connectivity index is 1.43. The number of halogens is 2. The van der Waals surface area contributed by atoms with Crippen molar-refractivity contribution in [3.63, 3.8) is 0 Å². The second-order valence-electron chi connectivity index (χ2n) is 5.01. The van der Waals surface area contributed by atoms with E-state index in [1.54, 1.807) is 0 Å². The Labute approximate surface area is 164 Å². The first-order valence-corrected chi connectivity index (χ1v) is 11.4. The number of ether oxygens (including phenoxy) is 1. The molecule has 0 spiro atoms. The largest absolute Gasteiger partial charge is 0.360 e. The zero-order valence-electron chi connectivity index (χ0n) is 12.8. The zero-order chi connectivity index (χ0) is 16.3. The van der Waals surface area contributed by atoms with Gasteiger partial charge in [0.15, 0.2) is 0 Å². The lowest BCUT2D eigenvalue weighted by Gasteiger charge is -2.05. The van der Waals surface area contributed by atoms with Gasteiger partial charge in [0, 0.05) is 8.95 Å². The minimum atomic E-state index is 0.780. The Morgan fingerprint density at radius 2 is 1.04 bits per heavy atom. The van der Waals surface area contributed by atoms with Crippen molar-refractivity contribution < 1.29 is 4.74 Å². The third-order valence-electron chi connectivity index (χ3n) is 3.23. The van der Waals surface area contributed by atoms with Crippen LogP contribution in [0.3, 0.4) is 0 Å². The summed E-state index contributed by atoms with van der Waals surface area (Å²) < 4.78 is 7.93. The van der Waals surface area contributed by atoms with E-state index < -0.39 is 0 Å². The summed E-state index contributed by atoms with van der Waals surface area (Å²) in [6, 6.07) is 17.1. The summed E-state index contributed by atoms with van der Waals surface area (Å²) in [5, 5.41) is 0. The van der Waals surface area contributed by atoms with Crippen LogP contribution >= 0.6 is 55.4 Å². The molecule has 0 unspecified atom stereocenters. The minimum Gasteiger partial charge on any atom is -0.360 e. The summed E-state index contributed by atoms with van der Waals surface area (Å²) >= 11 is 10.6. The first-order chi connectivity index (χ1) is 11.2. The average Bonchev–Trinajstić information content (AvgIpc) is 2.56. The van der Waals surface area contributed by atoms with Gasteiger partial charge in [-0.2, -0.15) is 0 Å². The van der Waals surface area contributed by atoms with Crippen molar-refractivity contribution >= 4 is 55.4 Å². The smallest absolute Gasteiger partial charge is 0.0932 e. The molecule has 2 aromatic rings. The van der Waals surface area contributed by atoms with Crippen LogP contribution < -0.4 is 0 Å². The maximum atomic E-state index is 5.66. The fourth-order valence-corrected chi connectivity index (χ4v) is 3.98. The van der Waals surface area contributed by atoms with Crippen LogP contribution in [-0.4, -0.2) is 23.4 Å². The highest BCUT2D eigenvalue weighted by atomic mass is 79.9. The summed E-state index contributed by atoms with van der Waals surface area (Å²) in [5.41, 5.74) is 2.76. The fraction of sp³-hybridized carbons (Fsp3) is 0.333. The van der Waals surface area contributed by atoms with Gasteiger partial charge >= 0.3 is 0 Å². The van der Waals surface area contributed by atoms with Gasteiger partial charge in [0.05, 0.1) is 11.9 Å². The van der Waals surface area contributed by atoms with Crippen LogP contribution in [0.5, 0.6) is 0 Å². The number of benzene rings is 2.